The van der Waals surface area contributed by atoms with Crippen LogP contribution in [0.15, 0.2) is 0 Å². The molecule has 0 aromatic heterocycles. The minimum Gasteiger partial charge on any atom is -0.396 e. The van der Waals surface area contributed by atoms with Crippen LogP contribution in [0, 0.1) is 5.41 Å². The molecule has 0 heterocycles. The second kappa shape index (κ2) is 17.2. The maximum Gasteiger partial charge on any atom is 0.314 e. The third-order valence-corrected chi connectivity index (χ3v) is 4.41. The highest BCUT2D eigenvalue weighted by Crippen LogP contribution is 2.19. The lowest BCUT2D eigenvalue weighted by molar-refractivity contribution is -0.118. The van der Waals surface area contributed by atoms with E-state index in [9.17, 15) is 14.7 Å². The molecular formula is C18H37N3O9. The van der Waals surface area contributed by atoms with Crippen molar-refractivity contribution in [3.8, 4) is 0 Å². The Labute approximate surface area is 176 Å². The zero-order valence-electron chi connectivity index (χ0n) is 17.3. The molecule has 0 spiro atoms. The predicted molar refractivity (Wildman–Crippen MR) is 106 cm³/mol. The molecule has 30 heavy (non-hydrogen) atoms. The van der Waals surface area contributed by atoms with Gasteiger partial charge >= 0.3 is 6.03 Å². The highest BCUT2D eigenvalue weighted by atomic mass is 16.5. The molecular weight excluding hydrogens is 402 g/mol. The first-order chi connectivity index (χ1) is 14.4. The van der Waals surface area contributed by atoms with Gasteiger partial charge in [0.05, 0.1) is 51.7 Å². The van der Waals surface area contributed by atoms with Gasteiger partial charge in [-0.1, -0.05) is 6.42 Å². The fraction of sp³-hybridized carbons (Fsp3) is 0.889. The molecule has 0 aliphatic heterocycles. The second-order valence-electron chi connectivity index (χ2n) is 7.14. The molecule has 0 rings (SSSR count). The van der Waals surface area contributed by atoms with Crippen LogP contribution in [-0.2, 0) is 14.3 Å². The van der Waals surface area contributed by atoms with E-state index < -0.39 is 56.7 Å². The van der Waals surface area contributed by atoms with E-state index in [4.69, 9.17) is 35.6 Å². The van der Waals surface area contributed by atoms with Gasteiger partial charge in [0.1, 0.15) is 12.2 Å². The Morgan fingerprint density at radius 1 is 0.833 bits per heavy atom. The Morgan fingerprint density at radius 2 is 1.37 bits per heavy atom. The zero-order valence-corrected chi connectivity index (χ0v) is 17.3. The number of unbranched alkanes of at least 4 members (excludes halogenated alkanes) is 2. The summed E-state index contributed by atoms with van der Waals surface area (Å²) >= 11 is 0. The molecule has 0 atom stereocenters. The molecule has 0 aliphatic carbocycles. The molecule has 0 saturated heterocycles. The fourth-order valence-corrected chi connectivity index (χ4v) is 2.34. The van der Waals surface area contributed by atoms with E-state index in [-0.39, 0.29) is 25.7 Å². The molecule has 0 saturated carbocycles. The smallest absolute Gasteiger partial charge is 0.314 e. The molecule has 0 bridgehead atoms. The van der Waals surface area contributed by atoms with Gasteiger partial charge in [0.25, 0.3) is 0 Å². The number of rotatable bonds is 19. The van der Waals surface area contributed by atoms with Crippen LogP contribution in [0.1, 0.15) is 25.7 Å². The van der Waals surface area contributed by atoms with Gasteiger partial charge in [0.2, 0.25) is 5.91 Å². The van der Waals surface area contributed by atoms with Crippen LogP contribution < -0.4 is 16.4 Å². The third kappa shape index (κ3) is 12.9. The van der Waals surface area contributed by atoms with Crippen LogP contribution in [-0.4, -0.2) is 109 Å². The number of carbonyl (C=O) groups is 2. The Balaban J connectivity index is 4.64. The summed E-state index contributed by atoms with van der Waals surface area (Å²) in [6, 6.07) is -0.482. The quantitative estimate of drug-likeness (QED) is 0.0967. The summed E-state index contributed by atoms with van der Waals surface area (Å²) in [6.07, 6.45) is 0.624. The van der Waals surface area contributed by atoms with Gasteiger partial charge in [-0.15, -0.1) is 0 Å². The summed E-state index contributed by atoms with van der Waals surface area (Å²) in [6.45, 7) is -2.19. The van der Waals surface area contributed by atoms with Gasteiger partial charge in [-0.25, -0.2) is 4.79 Å². The number of hydrogen-bond donors (Lipinski definition) is 8. The first-order valence-corrected chi connectivity index (χ1v) is 9.93. The predicted octanol–water partition coefficient (Wildman–Crippen LogP) is -2.95. The number of ether oxygens (including phenoxy) is 2. The molecule has 178 valence electrons. The number of urea groups is 1. The third-order valence-electron chi connectivity index (χ3n) is 4.41. The highest BCUT2D eigenvalue weighted by molar-refractivity contribution is 5.74. The van der Waals surface area contributed by atoms with E-state index in [0.717, 1.165) is 6.42 Å². The zero-order chi connectivity index (χ0) is 22.8. The number of amides is 3. The minimum absolute atomic E-state index is 0.0653. The fourth-order valence-electron chi connectivity index (χ4n) is 2.34. The van der Waals surface area contributed by atoms with Crippen molar-refractivity contribution in [1.29, 1.82) is 0 Å². The summed E-state index contributed by atoms with van der Waals surface area (Å²) in [4.78, 5) is 22.7. The molecule has 12 heteroatoms. The van der Waals surface area contributed by atoms with Crippen molar-refractivity contribution in [2.75, 3.05) is 59.3 Å². The topological polar surface area (TPSA) is 204 Å². The Kier molecular flexibility index (Phi) is 16.3. The molecule has 0 fully saturated rings. The standard InChI is InChI=1S/C18H37N3O9/c19-16(27)4-2-1-3-5-20-17(28)21-10-18(11-26,12-29-14(6-22)7-23)13-30-15(8-24)9-25/h14-15,22-26H,1-13H2,(H2,19,27)(H2,20,21,28). The van der Waals surface area contributed by atoms with Gasteiger partial charge < -0.3 is 51.4 Å². The first kappa shape index (κ1) is 28.5. The van der Waals surface area contributed by atoms with Crippen LogP contribution in [0.5, 0.6) is 0 Å². The van der Waals surface area contributed by atoms with E-state index in [2.05, 4.69) is 10.6 Å². The summed E-state index contributed by atoms with van der Waals surface area (Å²) < 4.78 is 10.8. The molecule has 0 unspecified atom stereocenters. The number of nitrogens with one attached hydrogen (secondary N) is 2. The number of primary amides is 1. The Morgan fingerprint density at radius 3 is 1.80 bits per heavy atom. The minimum atomic E-state index is -1.13. The van der Waals surface area contributed by atoms with E-state index in [1.165, 1.54) is 0 Å². The lowest BCUT2D eigenvalue weighted by Crippen LogP contribution is -2.50. The van der Waals surface area contributed by atoms with Crippen LogP contribution in [0.2, 0.25) is 0 Å². The average Bonchev–Trinajstić information content (AvgIpc) is 2.75. The summed E-state index contributed by atoms with van der Waals surface area (Å²) in [5.74, 6) is -0.361. The second-order valence-corrected chi connectivity index (χ2v) is 7.14. The van der Waals surface area contributed by atoms with Crippen molar-refractivity contribution in [1.82, 2.24) is 10.6 Å². The highest BCUT2D eigenvalue weighted by Gasteiger charge is 2.33. The Hall–Kier alpha value is -1.54. The normalized spacial score (nSPS) is 11.8. The molecule has 0 aromatic rings. The van der Waals surface area contributed by atoms with E-state index in [0.29, 0.717) is 25.8 Å². The number of hydrogen-bond acceptors (Lipinski definition) is 9. The van der Waals surface area contributed by atoms with E-state index in [1.807, 2.05) is 0 Å². The average molecular weight is 440 g/mol. The van der Waals surface area contributed by atoms with E-state index >= 15 is 0 Å². The number of nitrogens with two attached hydrogens (primary N) is 1. The van der Waals surface area contributed by atoms with Crippen molar-refractivity contribution in [2.24, 2.45) is 11.1 Å². The molecule has 0 radical (unpaired) electrons. The monoisotopic (exact) mass is 439 g/mol. The molecule has 0 aromatic carbocycles. The van der Waals surface area contributed by atoms with Crippen LogP contribution in [0.25, 0.3) is 0 Å². The number of carbonyl (C=O) groups excluding carboxylic acids is 2. The van der Waals surface area contributed by atoms with Crippen LogP contribution >= 0.6 is 0 Å². The van der Waals surface area contributed by atoms with Gasteiger partial charge in [-0.2, -0.15) is 0 Å². The first-order valence-electron chi connectivity index (χ1n) is 9.93. The van der Waals surface area contributed by atoms with Gasteiger partial charge in [0, 0.05) is 19.5 Å². The van der Waals surface area contributed by atoms with Crippen LogP contribution in [0.4, 0.5) is 4.79 Å². The summed E-state index contributed by atoms with van der Waals surface area (Å²) in [7, 11) is 0. The van der Waals surface area contributed by atoms with Gasteiger partial charge in [-0.05, 0) is 12.8 Å². The maximum atomic E-state index is 12.0. The largest absolute Gasteiger partial charge is 0.396 e. The molecule has 3 amide bonds. The van der Waals surface area contributed by atoms with Gasteiger partial charge in [-0.3, -0.25) is 4.79 Å². The SMILES string of the molecule is NC(=O)CCCCCNC(=O)NCC(CO)(COC(CO)CO)COC(CO)CO. The lowest BCUT2D eigenvalue weighted by atomic mass is 9.90. The van der Waals surface area contributed by atoms with Crippen molar-refractivity contribution >= 4 is 11.9 Å². The van der Waals surface area contributed by atoms with Crippen molar-refractivity contribution in [3.05, 3.63) is 0 Å². The summed E-state index contributed by atoms with van der Waals surface area (Å²) in [5.41, 5.74) is 3.92. The molecule has 9 N–H and O–H groups in total. The number of aliphatic hydroxyl groups excluding tert-OH is 5. The van der Waals surface area contributed by atoms with E-state index in [1.54, 1.807) is 0 Å². The van der Waals surface area contributed by atoms with Gasteiger partial charge in [0.15, 0.2) is 0 Å². The molecule has 0 aliphatic rings. The van der Waals surface area contributed by atoms with Crippen molar-refractivity contribution in [3.63, 3.8) is 0 Å². The Bertz CT molecular complexity index is 444. The molecule has 12 nitrogen and oxygen atoms in total. The summed E-state index contributed by atoms with van der Waals surface area (Å²) in [5, 5.41) is 51.8. The van der Waals surface area contributed by atoms with Crippen LogP contribution in [0.3, 0.4) is 0 Å². The van der Waals surface area contributed by atoms with Crippen molar-refractivity contribution in [2.45, 2.75) is 37.9 Å². The number of aliphatic hydroxyl groups is 5. The van der Waals surface area contributed by atoms with Crippen molar-refractivity contribution < 1.29 is 44.6 Å². The lowest BCUT2D eigenvalue weighted by Gasteiger charge is -2.33. The maximum absolute atomic E-state index is 12.0.